The Kier molecular flexibility index (Phi) is 5.64. The fraction of sp³-hybridized carbons (Fsp3) is 0.412. The Morgan fingerprint density at radius 2 is 1.96 bits per heavy atom. The molecule has 0 bridgehead atoms. The maximum atomic E-state index is 12.9. The Labute approximate surface area is 138 Å². The molecule has 0 spiro atoms. The van der Waals surface area contributed by atoms with Crippen LogP contribution in [0.3, 0.4) is 0 Å². The summed E-state index contributed by atoms with van der Waals surface area (Å²) in [6.07, 6.45) is 1.54. The molecule has 0 aliphatic heterocycles. The highest BCUT2D eigenvalue weighted by Crippen LogP contribution is 2.34. The molecule has 1 aliphatic rings. The molecule has 0 radical (unpaired) electrons. The highest BCUT2D eigenvalue weighted by molar-refractivity contribution is 5.95. The highest BCUT2D eigenvalue weighted by atomic mass is 19.4. The van der Waals surface area contributed by atoms with Crippen molar-refractivity contribution in [2.45, 2.75) is 25.4 Å². The summed E-state index contributed by atoms with van der Waals surface area (Å²) in [4.78, 5) is 25.5. The Bertz CT molecular complexity index is 641. The molecule has 7 heteroatoms. The van der Waals surface area contributed by atoms with Crippen molar-refractivity contribution >= 4 is 17.5 Å². The van der Waals surface area contributed by atoms with Crippen molar-refractivity contribution in [3.05, 3.63) is 42.0 Å². The topological polar surface area (TPSA) is 49.4 Å². The zero-order chi connectivity index (χ0) is 17.7. The van der Waals surface area contributed by atoms with Gasteiger partial charge in [0.2, 0.25) is 11.8 Å². The summed E-state index contributed by atoms with van der Waals surface area (Å²) < 4.78 is 38.7. The van der Waals surface area contributed by atoms with E-state index in [0.717, 1.165) is 18.9 Å². The fourth-order valence-corrected chi connectivity index (χ4v) is 2.65. The maximum Gasteiger partial charge on any atom is 0.418 e. The summed E-state index contributed by atoms with van der Waals surface area (Å²) >= 11 is 0. The molecule has 2 rings (SSSR count). The van der Waals surface area contributed by atoms with Crippen LogP contribution >= 0.6 is 0 Å². The standard InChI is InChI=1S/C17H19F3N2O2/c1-22(16(24)12-7-3-2-4-8-12)11-15(23)21-14-10-6-5-9-13(14)17(18,19)20/h2-3,5-6,9-10,12H,4,7-8,11H2,1H3,(H,21,23). The van der Waals surface area contributed by atoms with Gasteiger partial charge in [0.25, 0.3) is 0 Å². The number of carbonyl (C=O) groups is 2. The van der Waals surface area contributed by atoms with E-state index in [1.54, 1.807) is 0 Å². The molecule has 24 heavy (non-hydrogen) atoms. The van der Waals surface area contributed by atoms with Gasteiger partial charge in [0.05, 0.1) is 17.8 Å². The molecule has 1 aromatic carbocycles. The molecule has 2 amide bonds. The Morgan fingerprint density at radius 3 is 2.58 bits per heavy atom. The lowest BCUT2D eigenvalue weighted by Crippen LogP contribution is -2.39. The summed E-state index contributed by atoms with van der Waals surface area (Å²) in [5.41, 5.74) is -1.22. The monoisotopic (exact) mass is 340 g/mol. The van der Waals surface area contributed by atoms with Gasteiger partial charge in [-0.15, -0.1) is 0 Å². The average Bonchev–Trinajstić information content (AvgIpc) is 2.54. The van der Waals surface area contributed by atoms with Gasteiger partial charge >= 0.3 is 6.18 Å². The van der Waals surface area contributed by atoms with E-state index in [4.69, 9.17) is 0 Å². The third-order valence-corrected chi connectivity index (χ3v) is 3.88. The smallest absolute Gasteiger partial charge is 0.336 e. The van der Waals surface area contributed by atoms with Gasteiger partial charge < -0.3 is 10.2 Å². The van der Waals surface area contributed by atoms with Gasteiger partial charge in [-0.3, -0.25) is 9.59 Å². The summed E-state index contributed by atoms with van der Waals surface area (Å²) in [5, 5.41) is 2.24. The van der Waals surface area contributed by atoms with Crippen molar-refractivity contribution in [1.82, 2.24) is 4.90 Å². The summed E-state index contributed by atoms with van der Waals surface area (Å²) in [7, 11) is 1.48. The molecule has 4 nitrogen and oxygen atoms in total. The van der Waals surface area contributed by atoms with Gasteiger partial charge in [0.15, 0.2) is 0 Å². The number of halogens is 3. The number of benzene rings is 1. The van der Waals surface area contributed by atoms with Gasteiger partial charge in [-0.1, -0.05) is 24.3 Å². The molecule has 0 aromatic heterocycles. The number of likely N-dealkylation sites (N-methyl/N-ethyl adjacent to an activating group) is 1. The lowest BCUT2D eigenvalue weighted by molar-refractivity contribution is -0.138. The molecular weight excluding hydrogens is 321 g/mol. The van der Waals surface area contributed by atoms with Crippen molar-refractivity contribution in [2.24, 2.45) is 5.92 Å². The minimum atomic E-state index is -4.56. The Hall–Kier alpha value is -2.31. The van der Waals surface area contributed by atoms with Crippen LogP contribution in [0.4, 0.5) is 18.9 Å². The molecular formula is C17H19F3N2O2. The number of nitrogens with one attached hydrogen (secondary N) is 1. The zero-order valence-corrected chi connectivity index (χ0v) is 13.3. The molecule has 0 fully saturated rings. The van der Waals surface area contributed by atoms with Gasteiger partial charge in [-0.2, -0.15) is 13.2 Å². The van der Waals surface area contributed by atoms with Crippen LogP contribution in [0.5, 0.6) is 0 Å². The van der Waals surface area contributed by atoms with Gasteiger partial charge in [0.1, 0.15) is 0 Å². The Morgan fingerprint density at radius 1 is 1.25 bits per heavy atom. The van der Waals surface area contributed by atoms with Crippen molar-refractivity contribution in [3.63, 3.8) is 0 Å². The second kappa shape index (κ2) is 7.51. The fourth-order valence-electron chi connectivity index (χ4n) is 2.65. The number of hydrogen-bond acceptors (Lipinski definition) is 2. The molecule has 130 valence electrons. The Balaban J connectivity index is 1.98. The minimum absolute atomic E-state index is 0.168. The molecule has 0 heterocycles. The molecule has 1 atom stereocenters. The number of nitrogens with zero attached hydrogens (tertiary/aromatic N) is 1. The molecule has 1 aliphatic carbocycles. The first-order valence-corrected chi connectivity index (χ1v) is 7.65. The van der Waals surface area contributed by atoms with Gasteiger partial charge in [0, 0.05) is 13.0 Å². The summed E-state index contributed by atoms with van der Waals surface area (Å²) in [6, 6.07) is 4.76. The van der Waals surface area contributed by atoms with E-state index in [1.165, 1.54) is 30.1 Å². The lowest BCUT2D eigenvalue weighted by atomic mass is 9.93. The van der Waals surface area contributed by atoms with E-state index in [0.29, 0.717) is 6.42 Å². The SMILES string of the molecule is CN(CC(=O)Nc1ccccc1C(F)(F)F)C(=O)C1CC=CCC1. The quantitative estimate of drug-likeness (QED) is 0.854. The first-order chi connectivity index (χ1) is 11.3. The van der Waals surface area contributed by atoms with Crippen LogP contribution in [-0.2, 0) is 15.8 Å². The number of allylic oxidation sites excluding steroid dienone is 2. The number of carbonyl (C=O) groups excluding carboxylic acids is 2. The van der Waals surface area contributed by atoms with Crippen molar-refractivity contribution in [1.29, 1.82) is 0 Å². The van der Waals surface area contributed by atoms with Crippen molar-refractivity contribution < 1.29 is 22.8 Å². The van der Waals surface area contributed by atoms with Crippen LogP contribution in [0.25, 0.3) is 0 Å². The third kappa shape index (κ3) is 4.59. The molecule has 1 aromatic rings. The van der Waals surface area contributed by atoms with Crippen molar-refractivity contribution in [3.8, 4) is 0 Å². The normalized spacial score (nSPS) is 17.4. The van der Waals surface area contributed by atoms with E-state index in [1.807, 2.05) is 12.2 Å². The number of alkyl halides is 3. The second-order valence-corrected chi connectivity index (χ2v) is 5.77. The lowest BCUT2D eigenvalue weighted by Gasteiger charge is -2.24. The van der Waals surface area contributed by atoms with E-state index in [2.05, 4.69) is 5.32 Å². The van der Waals surface area contributed by atoms with E-state index in [-0.39, 0.29) is 24.1 Å². The molecule has 0 saturated heterocycles. The summed E-state index contributed by atoms with van der Waals surface area (Å²) in [5.74, 6) is -0.997. The number of hydrogen-bond donors (Lipinski definition) is 1. The van der Waals surface area contributed by atoms with Crippen molar-refractivity contribution in [2.75, 3.05) is 18.9 Å². The van der Waals surface area contributed by atoms with E-state index >= 15 is 0 Å². The van der Waals surface area contributed by atoms with Crippen LogP contribution in [0.15, 0.2) is 36.4 Å². The predicted octanol–water partition coefficient (Wildman–Crippen LogP) is 3.46. The van der Waals surface area contributed by atoms with Crippen LogP contribution in [0.2, 0.25) is 0 Å². The van der Waals surface area contributed by atoms with E-state index in [9.17, 15) is 22.8 Å². The first kappa shape index (κ1) is 18.0. The number of amides is 2. The summed E-state index contributed by atoms with van der Waals surface area (Å²) in [6.45, 7) is -0.286. The highest BCUT2D eigenvalue weighted by Gasteiger charge is 2.33. The number of anilines is 1. The first-order valence-electron chi connectivity index (χ1n) is 7.65. The average molecular weight is 340 g/mol. The van der Waals surface area contributed by atoms with Gasteiger partial charge in [-0.05, 0) is 31.4 Å². The van der Waals surface area contributed by atoms with Gasteiger partial charge in [-0.25, -0.2) is 0 Å². The van der Waals surface area contributed by atoms with Crippen LogP contribution in [0, 0.1) is 5.92 Å². The third-order valence-electron chi connectivity index (χ3n) is 3.88. The molecule has 1 unspecified atom stereocenters. The predicted molar refractivity (Wildman–Crippen MR) is 84.2 cm³/mol. The largest absolute Gasteiger partial charge is 0.418 e. The molecule has 0 saturated carbocycles. The van der Waals surface area contributed by atoms with Crippen LogP contribution in [-0.4, -0.2) is 30.3 Å². The minimum Gasteiger partial charge on any atom is -0.336 e. The van der Waals surface area contributed by atoms with E-state index < -0.39 is 17.6 Å². The number of para-hydroxylation sites is 1. The molecule has 1 N–H and O–H groups in total. The van der Waals surface area contributed by atoms with Crippen LogP contribution < -0.4 is 5.32 Å². The second-order valence-electron chi connectivity index (χ2n) is 5.77. The number of rotatable bonds is 4. The zero-order valence-electron chi connectivity index (χ0n) is 13.3. The van der Waals surface area contributed by atoms with Crippen LogP contribution in [0.1, 0.15) is 24.8 Å². The maximum absolute atomic E-state index is 12.9.